The largest absolute Gasteiger partial charge is 0.390 e. The fourth-order valence-corrected chi connectivity index (χ4v) is 4.40. The minimum Gasteiger partial charge on any atom is -0.390 e. The van der Waals surface area contributed by atoms with Crippen LogP contribution < -0.4 is 4.90 Å². The molecule has 1 unspecified atom stereocenters. The maximum absolute atomic E-state index is 10.4. The lowest BCUT2D eigenvalue weighted by Crippen LogP contribution is -2.39. The van der Waals surface area contributed by atoms with E-state index in [4.69, 9.17) is 0 Å². The molecule has 0 radical (unpaired) electrons. The van der Waals surface area contributed by atoms with Crippen molar-refractivity contribution < 1.29 is 5.11 Å². The average Bonchev–Trinajstić information content (AvgIpc) is 2.89. The van der Waals surface area contributed by atoms with Gasteiger partial charge >= 0.3 is 0 Å². The van der Waals surface area contributed by atoms with Crippen LogP contribution in [0, 0.1) is 0 Å². The number of aliphatic hydroxyl groups excluding tert-OH is 1. The van der Waals surface area contributed by atoms with Crippen molar-refractivity contribution in [3.63, 3.8) is 0 Å². The summed E-state index contributed by atoms with van der Waals surface area (Å²) in [5.41, 5.74) is 5.57. The van der Waals surface area contributed by atoms with Gasteiger partial charge in [-0.05, 0) is 69.2 Å². The first-order chi connectivity index (χ1) is 14.1. The summed E-state index contributed by atoms with van der Waals surface area (Å²) in [5, 5.41) is 10.4. The van der Waals surface area contributed by atoms with Crippen molar-refractivity contribution in [1.29, 1.82) is 0 Å². The molecule has 3 rings (SSSR count). The molecule has 2 aromatic rings. The smallest absolute Gasteiger partial charge is 0.0793 e. The zero-order chi connectivity index (χ0) is 20.6. The van der Waals surface area contributed by atoms with Crippen molar-refractivity contribution >= 4 is 11.4 Å². The summed E-state index contributed by atoms with van der Waals surface area (Å²) in [6.45, 7) is 9.73. The van der Waals surface area contributed by atoms with Gasteiger partial charge in [0, 0.05) is 31.0 Å². The molecule has 0 saturated carbocycles. The molecule has 0 fully saturated rings. The molecule has 4 nitrogen and oxygen atoms in total. The molecule has 0 spiro atoms. The molecular formula is C25H37N3O. The van der Waals surface area contributed by atoms with Crippen LogP contribution in [0.25, 0.3) is 0 Å². The Bertz CT molecular complexity index is 712. The summed E-state index contributed by atoms with van der Waals surface area (Å²) >= 11 is 0. The van der Waals surface area contributed by atoms with Crippen molar-refractivity contribution in [2.45, 2.75) is 39.2 Å². The van der Waals surface area contributed by atoms with Crippen molar-refractivity contribution in [3.8, 4) is 0 Å². The predicted molar refractivity (Wildman–Crippen MR) is 123 cm³/mol. The van der Waals surface area contributed by atoms with Crippen molar-refractivity contribution in [2.24, 2.45) is 0 Å². The first-order valence-electron chi connectivity index (χ1n) is 11.1. The van der Waals surface area contributed by atoms with Gasteiger partial charge in [-0.15, -0.1) is 0 Å². The lowest BCUT2D eigenvalue weighted by Gasteiger charge is -2.29. The van der Waals surface area contributed by atoms with E-state index in [1.54, 1.807) is 0 Å². The van der Waals surface area contributed by atoms with Crippen LogP contribution in [-0.2, 0) is 12.8 Å². The summed E-state index contributed by atoms with van der Waals surface area (Å²) in [4.78, 5) is 7.05. The molecule has 0 amide bonds. The van der Waals surface area contributed by atoms with Gasteiger partial charge in [-0.1, -0.05) is 50.2 Å². The van der Waals surface area contributed by atoms with Gasteiger partial charge in [0.25, 0.3) is 0 Å². The number of likely N-dealkylation sites (N-methyl/N-ethyl adjacent to an activating group) is 2. The third-order valence-corrected chi connectivity index (χ3v) is 6.04. The standard InChI is InChI=1S/C25H37N3O/c1-4-27(5-2)20-23(29)19-26(3)17-10-18-28-24-13-8-6-11-21(24)15-16-22-12-7-9-14-25(22)28/h6-9,11-14,23,29H,4-5,10,15-20H2,1-3H3. The normalized spacial score (nSPS) is 14.6. The molecule has 0 aliphatic carbocycles. The Morgan fingerprint density at radius 1 is 0.897 bits per heavy atom. The number of nitrogens with zero attached hydrogens (tertiary/aromatic N) is 3. The van der Waals surface area contributed by atoms with Crippen LogP contribution in [0.1, 0.15) is 31.4 Å². The Morgan fingerprint density at radius 2 is 1.45 bits per heavy atom. The zero-order valence-electron chi connectivity index (χ0n) is 18.3. The molecule has 0 bridgehead atoms. The van der Waals surface area contributed by atoms with Crippen LogP contribution in [0.3, 0.4) is 0 Å². The van der Waals surface area contributed by atoms with Crippen LogP contribution in [0.15, 0.2) is 48.5 Å². The van der Waals surface area contributed by atoms with Crippen molar-refractivity contribution in [1.82, 2.24) is 9.80 Å². The predicted octanol–water partition coefficient (Wildman–Crippen LogP) is 3.95. The molecule has 1 N–H and O–H groups in total. The Hall–Kier alpha value is -1.88. The van der Waals surface area contributed by atoms with E-state index in [1.807, 2.05) is 0 Å². The molecule has 4 heteroatoms. The molecule has 29 heavy (non-hydrogen) atoms. The van der Waals surface area contributed by atoms with E-state index in [1.165, 1.54) is 22.5 Å². The highest BCUT2D eigenvalue weighted by Crippen LogP contribution is 2.35. The number of aliphatic hydroxyl groups is 1. The maximum Gasteiger partial charge on any atom is 0.0793 e. The van der Waals surface area contributed by atoms with Crippen LogP contribution in [0.2, 0.25) is 0 Å². The second kappa shape index (κ2) is 10.8. The average molecular weight is 396 g/mol. The molecular weight excluding hydrogens is 358 g/mol. The third kappa shape index (κ3) is 5.81. The highest BCUT2D eigenvalue weighted by atomic mass is 16.3. The number of benzene rings is 2. The number of fused-ring (bicyclic) bond motifs is 2. The number of hydrogen-bond acceptors (Lipinski definition) is 4. The summed E-state index contributed by atoms with van der Waals surface area (Å²) < 4.78 is 0. The van der Waals surface area contributed by atoms with Gasteiger partial charge in [0.05, 0.1) is 6.10 Å². The van der Waals surface area contributed by atoms with Crippen molar-refractivity contribution in [2.75, 3.05) is 51.2 Å². The van der Waals surface area contributed by atoms with Crippen molar-refractivity contribution in [3.05, 3.63) is 59.7 Å². The number of rotatable bonds is 10. The monoisotopic (exact) mass is 395 g/mol. The molecule has 1 atom stereocenters. The molecule has 158 valence electrons. The molecule has 0 aromatic heterocycles. The Kier molecular flexibility index (Phi) is 8.10. The molecule has 2 aromatic carbocycles. The van der Waals surface area contributed by atoms with Gasteiger partial charge in [-0.2, -0.15) is 0 Å². The first kappa shape index (κ1) is 21.8. The number of para-hydroxylation sites is 2. The van der Waals surface area contributed by atoms with Crippen LogP contribution in [-0.4, -0.2) is 67.3 Å². The maximum atomic E-state index is 10.4. The molecule has 1 aliphatic heterocycles. The minimum absolute atomic E-state index is 0.292. The van der Waals surface area contributed by atoms with Gasteiger partial charge in [0.2, 0.25) is 0 Å². The lowest BCUT2D eigenvalue weighted by atomic mass is 10.0. The van der Waals surface area contributed by atoms with E-state index < -0.39 is 0 Å². The van der Waals surface area contributed by atoms with E-state index >= 15 is 0 Å². The minimum atomic E-state index is -0.292. The number of aryl methyl sites for hydroxylation is 2. The first-order valence-corrected chi connectivity index (χ1v) is 11.1. The van der Waals surface area contributed by atoms with Crippen LogP contribution in [0.5, 0.6) is 0 Å². The highest BCUT2D eigenvalue weighted by Gasteiger charge is 2.20. The fraction of sp³-hybridized carbons (Fsp3) is 0.520. The molecule has 0 saturated heterocycles. The second-order valence-corrected chi connectivity index (χ2v) is 8.16. The van der Waals surface area contributed by atoms with Gasteiger partial charge in [0.1, 0.15) is 0 Å². The van der Waals surface area contributed by atoms with Gasteiger partial charge < -0.3 is 19.8 Å². The van der Waals surface area contributed by atoms with Gasteiger partial charge in [0.15, 0.2) is 0 Å². The number of hydrogen-bond donors (Lipinski definition) is 1. The third-order valence-electron chi connectivity index (χ3n) is 6.04. The SMILES string of the molecule is CCN(CC)CC(O)CN(C)CCCN1c2ccccc2CCc2ccccc21. The van der Waals surface area contributed by atoms with Gasteiger partial charge in [-0.3, -0.25) is 0 Å². The summed E-state index contributed by atoms with van der Waals surface area (Å²) in [6.07, 6.45) is 2.97. The molecule has 1 aliphatic rings. The van der Waals surface area contributed by atoms with E-state index in [-0.39, 0.29) is 6.10 Å². The topological polar surface area (TPSA) is 30.0 Å². The van der Waals surface area contributed by atoms with E-state index in [9.17, 15) is 5.11 Å². The summed E-state index contributed by atoms with van der Waals surface area (Å²) in [5.74, 6) is 0. The quantitative estimate of drug-likeness (QED) is 0.660. The number of anilines is 2. The van der Waals surface area contributed by atoms with E-state index in [0.717, 1.165) is 58.5 Å². The second-order valence-electron chi connectivity index (χ2n) is 8.16. The fourth-order valence-electron chi connectivity index (χ4n) is 4.40. The Morgan fingerprint density at radius 3 is 2.00 bits per heavy atom. The highest BCUT2D eigenvalue weighted by molar-refractivity contribution is 5.71. The van der Waals surface area contributed by atoms with E-state index in [2.05, 4.69) is 84.1 Å². The lowest BCUT2D eigenvalue weighted by molar-refractivity contribution is 0.0856. The molecule has 1 heterocycles. The zero-order valence-corrected chi connectivity index (χ0v) is 18.3. The van der Waals surface area contributed by atoms with Gasteiger partial charge in [-0.25, -0.2) is 0 Å². The van der Waals surface area contributed by atoms with Crippen LogP contribution in [0.4, 0.5) is 11.4 Å². The van der Waals surface area contributed by atoms with E-state index in [0.29, 0.717) is 0 Å². The van der Waals surface area contributed by atoms with Crippen LogP contribution >= 0.6 is 0 Å². The summed E-state index contributed by atoms with van der Waals surface area (Å²) in [7, 11) is 2.12. The Balaban J connectivity index is 1.60. The summed E-state index contributed by atoms with van der Waals surface area (Å²) in [6, 6.07) is 17.7. The Labute approximate surface area is 176 Å².